The SMILES string of the molecule is N#CC1=C(N)Oc2n[nH]c(-c3cccc4ccccc34)c2C1C1CC=CCC1. The summed E-state index contributed by atoms with van der Waals surface area (Å²) in [6, 6.07) is 16.8. The van der Waals surface area contributed by atoms with Crippen LogP contribution >= 0.6 is 0 Å². The van der Waals surface area contributed by atoms with Gasteiger partial charge in [0.2, 0.25) is 11.8 Å². The summed E-state index contributed by atoms with van der Waals surface area (Å²) in [6.45, 7) is 0. The molecule has 138 valence electrons. The fourth-order valence-electron chi connectivity index (χ4n) is 4.52. The molecule has 2 heterocycles. The topological polar surface area (TPSA) is 87.7 Å². The summed E-state index contributed by atoms with van der Waals surface area (Å²) in [5.74, 6) is 0.836. The third-order valence-electron chi connectivity index (χ3n) is 5.82. The lowest BCUT2D eigenvalue weighted by Crippen LogP contribution is -2.25. The zero-order chi connectivity index (χ0) is 19.1. The Morgan fingerprint density at radius 3 is 2.82 bits per heavy atom. The van der Waals surface area contributed by atoms with Crippen molar-refractivity contribution in [3.63, 3.8) is 0 Å². The van der Waals surface area contributed by atoms with Crippen LogP contribution in [0.4, 0.5) is 0 Å². The number of nitrogens with two attached hydrogens (primary N) is 1. The van der Waals surface area contributed by atoms with Crippen molar-refractivity contribution in [2.24, 2.45) is 11.7 Å². The van der Waals surface area contributed by atoms with E-state index in [4.69, 9.17) is 10.5 Å². The molecule has 0 amide bonds. The van der Waals surface area contributed by atoms with E-state index in [0.717, 1.165) is 46.9 Å². The Morgan fingerprint density at radius 2 is 2.00 bits per heavy atom. The number of benzene rings is 2. The number of aromatic amines is 1. The summed E-state index contributed by atoms with van der Waals surface area (Å²) in [7, 11) is 0. The van der Waals surface area contributed by atoms with E-state index in [1.54, 1.807) is 0 Å². The molecule has 0 radical (unpaired) electrons. The molecule has 5 heteroatoms. The van der Waals surface area contributed by atoms with Crippen LogP contribution in [0.5, 0.6) is 5.88 Å². The minimum atomic E-state index is -0.119. The van der Waals surface area contributed by atoms with Gasteiger partial charge in [0.15, 0.2) is 0 Å². The second kappa shape index (κ2) is 6.58. The van der Waals surface area contributed by atoms with Crippen molar-refractivity contribution in [1.82, 2.24) is 10.2 Å². The number of nitrogens with zero attached hydrogens (tertiary/aromatic N) is 2. The van der Waals surface area contributed by atoms with Gasteiger partial charge in [-0.25, -0.2) is 0 Å². The molecule has 2 atom stereocenters. The summed E-state index contributed by atoms with van der Waals surface area (Å²) in [5.41, 5.74) is 9.53. The molecule has 0 saturated carbocycles. The number of hydrogen-bond acceptors (Lipinski definition) is 4. The quantitative estimate of drug-likeness (QED) is 0.639. The standard InChI is InChI=1S/C23H20N4O/c24-13-18-19(15-8-2-1-3-9-15)20-21(26-27-23(20)28-22(18)25)17-12-6-10-14-7-4-5-11-16(14)17/h1-2,4-7,10-12,15,19H,3,8-9,25H2,(H,26,27). The van der Waals surface area contributed by atoms with Crippen molar-refractivity contribution >= 4 is 10.8 Å². The predicted molar refractivity (Wildman–Crippen MR) is 108 cm³/mol. The number of allylic oxidation sites excluding steroid dienone is 3. The lowest BCUT2D eigenvalue weighted by atomic mass is 9.74. The van der Waals surface area contributed by atoms with Crippen molar-refractivity contribution < 1.29 is 4.74 Å². The van der Waals surface area contributed by atoms with Crippen LogP contribution in [0.25, 0.3) is 22.0 Å². The molecule has 5 nitrogen and oxygen atoms in total. The first-order valence-corrected chi connectivity index (χ1v) is 9.57. The van der Waals surface area contributed by atoms with Crippen molar-refractivity contribution in [2.75, 3.05) is 0 Å². The Bertz CT molecular complexity index is 1160. The maximum atomic E-state index is 9.84. The van der Waals surface area contributed by atoms with Crippen LogP contribution in [0.3, 0.4) is 0 Å². The molecule has 28 heavy (non-hydrogen) atoms. The van der Waals surface area contributed by atoms with E-state index in [2.05, 4.69) is 52.7 Å². The molecule has 0 saturated heterocycles. The smallest absolute Gasteiger partial charge is 0.244 e. The Hall–Kier alpha value is -3.52. The molecule has 0 spiro atoms. The Balaban J connectivity index is 1.73. The third-order valence-corrected chi connectivity index (χ3v) is 5.82. The molecule has 3 N–H and O–H groups in total. The monoisotopic (exact) mass is 368 g/mol. The zero-order valence-electron chi connectivity index (χ0n) is 15.4. The van der Waals surface area contributed by atoms with Crippen LogP contribution in [-0.4, -0.2) is 10.2 Å². The lowest BCUT2D eigenvalue weighted by Gasteiger charge is -2.31. The fraction of sp³-hybridized carbons (Fsp3) is 0.217. The van der Waals surface area contributed by atoms with Crippen LogP contribution < -0.4 is 10.5 Å². The van der Waals surface area contributed by atoms with Gasteiger partial charge in [-0.05, 0) is 36.0 Å². The summed E-state index contributed by atoms with van der Waals surface area (Å²) >= 11 is 0. The second-order valence-corrected chi connectivity index (χ2v) is 7.36. The van der Waals surface area contributed by atoms with Crippen LogP contribution in [0.2, 0.25) is 0 Å². The number of H-pyrrole nitrogens is 1. The van der Waals surface area contributed by atoms with Gasteiger partial charge in [0, 0.05) is 11.5 Å². The first-order chi connectivity index (χ1) is 13.8. The largest absolute Gasteiger partial charge is 0.420 e. The summed E-state index contributed by atoms with van der Waals surface area (Å²) in [6.07, 6.45) is 7.35. The second-order valence-electron chi connectivity index (χ2n) is 7.36. The maximum absolute atomic E-state index is 9.84. The molecular formula is C23H20N4O. The number of aromatic nitrogens is 2. The summed E-state index contributed by atoms with van der Waals surface area (Å²) < 4.78 is 5.75. The molecule has 0 fully saturated rings. The summed E-state index contributed by atoms with van der Waals surface area (Å²) in [4.78, 5) is 0. The third kappa shape index (κ3) is 2.49. The van der Waals surface area contributed by atoms with Gasteiger partial charge >= 0.3 is 0 Å². The van der Waals surface area contributed by atoms with Crippen molar-refractivity contribution in [1.29, 1.82) is 5.26 Å². The molecule has 5 rings (SSSR count). The maximum Gasteiger partial charge on any atom is 0.244 e. The highest BCUT2D eigenvalue weighted by Gasteiger charge is 2.39. The molecule has 1 aliphatic heterocycles. The molecule has 2 aromatic carbocycles. The fourth-order valence-corrected chi connectivity index (χ4v) is 4.52. The first kappa shape index (κ1) is 16.6. The lowest BCUT2D eigenvalue weighted by molar-refractivity contribution is 0.340. The number of nitrogens with one attached hydrogen (secondary N) is 1. The van der Waals surface area contributed by atoms with E-state index < -0.39 is 0 Å². The normalized spacial score (nSPS) is 21.2. The molecule has 2 aliphatic rings. The first-order valence-electron chi connectivity index (χ1n) is 9.57. The van der Waals surface area contributed by atoms with Crippen LogP contribution in [0.1, 0.15) is 30.7 Å². The van der Waals surface area contributed by atoms with Crippen LogP contribution in [0.15, 0.2) is 66.1 Å². The van der Waals surface area contributed by atoms with E-state index in [-0.39, 0.29) is 11.8 Å². The van der Waals surface area contributed by atoms with E-state index in [1.165, 1.54) is 0 Å². The highest BCUT2D eigenvalue weighted by Crippen LogP contribution is 2.49. The van der Waals surface area contributed by atoms with Crippen molar-refractivity contribution in [2.45, 2.75) is 25.2 Å². The molecule has 1 aromatic heterocycles. The van der Waals surface area contributed by atoms with Gasteiger partial charge in [-0.1, -0.05) is 54.6 Å². The average molecular weight is 368 g/mol. The summed E-state index contributed by atoms with van der Waals surface area (Å²) in [5, 5.41) is 19.7. The molecule has 3 aromatic rings. The number of rotatable bonds is 2. The minimum Gasteiger partial charge on any atom is -0.420 e. The number of fused-ring (bicyclic) bond motifs is 2. The molecule has 1 aliphatic carbocycles. The van der Waals surface area contributed by atoms with Crippen molar-refractivity contribution in [3.8, 4) is 23.2 Å². The van der Waals surface area contributed by atoms with Gasteiger partial charge in [0.1, 0.15) is 6.07 Å². The van der Waals surface area contributed by atoms with Gasteiger partial charge < -0.3 is 10.5 Å². The van der Waals surface area contributed by atoms with Crippen LogP contribution in [-0.2, 0) is 0 Å². The van der Waals surface area contributed by atoms with Gasteiger partial charge in [0.25, 0.3) is 0 Å². The predicted octanol–water partition coefficient (Wildman–Crippen LogP) is 4.76. The van der Waals surface area contributed by atoms with Gasteiger partial charge in [-0.3, -0.25) is 5.10 Å². The molecule has 2 unspecified atom stereocenters. The van der Waals surface area contributed by atoms with Gasteiger partial charge in [0.05, 0.1) is 16.8 Å². The Morgan fingerprint density at radius 1 is 1.14 bits per heavy atom. The minimum absolute atomic E-state index is 0.119. The number of nitriles is 1. The number of hydrogen-bond donors (Lipinski definition) is 2. The Kier molecular flexibility index (Phi) is 3.91. The zero-order valence-corrected chi connectivity index (χ0v) is 15.4. The Labute approximate surface area is 163 Å². The van der Waals surface area contributed by atoms with E-state index in [0.29, 0.717) is 17.4 Å². The molecular weight excluding hydrogens is 348 g/mol. The van der Waals surface area contributed by atoms with Crippen molar-refractivity contribution in [3.05, 3.63) is 71.6 Å². The molecule has 0 bridgehead atoms. The van der Waals surface area contributed by atoms with Gasteiger partial charge in [-0.2, -0.15) is 5.26 Å². The van der Waals surface area contributed by atoms with E-state index >= 15 is 0 Å². The van der Waals surface area contributed by atoms with E-state index in [1.807, 2.05) is 18.2 Å². The highest BCUT2D eigenvalue weighted by molar-refractivity contribution is 5.96. The highest BCUT2D eigenvalue weighted by atomic mass is 16.5. The van der Waals surface area contributed by atoms with Gasteiger partial charge in [-0.15, -0.1) is 5.10 Å². The van der Waals surface area contributed by atoms with Crippen LogP contribution in [0, 0.1) is 17.2 Å². The van der Waals surface area contributed by atoms with E-state index in [9.17, 15) is 5.26 Å². The number of ether oxygens (including phenoxy) is 1. The average Bonchev–Trinajstić information content (AvgIpc) is 3.16.